The van der Waals surface area contributed by atoms with Crippen LogP contribution in [0.15, 0.2) is 53.4 Å². The predicted molar refractivity (Wildman–Crippen MR) is 116 cm³/mol. The van der Waals surface area contributed by atoms with Crippen molar-refractivity contribution in [3.63, 3.8) is 0 Å². The van der Waals surface area contributed by atoms with Crippen LogP contribution in [0.4, 0.5) is 15.8 Å². The zero-order chi connectivity index (χ0) is 22.6. The van der Waals surface area contributed by atoms with E-state index in [0.717, 1.165) is 0 Å². The molecule has 3 rings (SSSR count). The van der Waals surface area contributed by atoms with E-state index in [4.69, 9.17) is 0 Å². The molecule has 31 heavy (non-hydrogen) atoms. The molecule has 2 aromatic carbocycles. The summed E-state index contributed by atoms with van der Waals surface area (Å²) in [6.45, 7) is 4.01. The van der Waals surface area contributed by atoms with Gasteiger partial charge < -0.3 is 10.6 Å². The van der Waals surface area contributed by atoms with Crippen LogP contribution >= 0.6 is 0 Å². The van der Waals surface area contributed by atoms with Gasteiger partial charge in [-0.05, 0) is 61.4 Å². The van der Waals surface area contributed by atoms with Gasteiger partial charge in [0.25, 0.3) is 0 Å². The normalized spacial score (nSPS) is 15.6. The monoisotopic (exact) mass is 447 g/mol. The molecule has 0 spiro atoms. The lowest BCUT2D eigenvalue weighted by Crippen LogP contribution is -2.41. The van der Waals surface area contributed by atoms with Gasteiger partial charge in [0, 0.05) is 36.3 Å². The van der Waals surface area contributed by atoms with E-state index in [0.29, 0.717) is 24.2 Å². The second-order valence-corrected chi connectivity index (χ2v) is 9.78. The number of nitrogens with one attached hydrogen (secondary N) is 2. The molecule has 0 unspecified atom stereocenters. The van der Waals surface area contributed by atoms with Crippen LogP contribution in [0.5, 0.6) is 0 Å². The van der Waals surface area contributed by atoms with Crippen LogP contribution in [0.25, 0.3) is 0 Å². The number of amides is 2. The number of nitrogens with zero attached hydrogens (tertiary/aromatic N) is 1. The average molecular weight is 448 g/mol. The lowest BCUT2D eigenvalue weighted by molar-refractivity contribution is -0.121. The Balaban J connectivity index is 1.58. The third kappa shape index (κ3) is 5.68. The Bertz CT molecular complexity index is 1030. The molecule has 0 radical (unpaired) electrons. The summed E-state index contributed by atoms with van der Waals surface area (Å²) in [5.74, 6) is -1.22. The fraction of sp³-hybridized carbons (Fsp3) is 0.364. The highest BCUT2D eigenvalue weighted by Gasteiger charge is 2.32. The van der Waals surface area contributed by atoms with E-state index in [2.05, 4.69) is 10.6 Å². The maximum absolute atomic E-state index is 13.0. The van der Waals surface area contributed by atoms with Gasteiger partial charge in [0.15, 0.2) is 0 Å². The van der Waals surface area contributed by atoms with Crippen molar-refractivity contribution in [2.24, 2.45) is 11.8 Å². The molecule has 0 atom stereocenters. The minimum atomic E-state index is -3.69. The molecule has 7 nitrogen and oxygen atoms in total. The lowest BCUT2D eigenvalue weighted by Gasteiger charge is -2.30. The summed E-state index contributed by atoms with van der Waals surface area (Å²) in [5, 5.41) is 5.47. The molecule has 0 bridgehead atoms. The minimum absolute atomic E-state index is 0.142. The molecule has 1 saturated heterocycles. The average Bonchev–Trinajstić information content (AvgIpc) is 2.75. The Morgan fingerprint density at radius 1 is 0.935 bits per heavy atom. The van der Waals surface area contributed by atoms with Crippen molar-refractivity contribution >= 4 is 33.2 Å². The summed E-state index contributed by atoms with van der Waals surface area (Å²) in [4.78, 5) is 24.4. The highest BCUT2D eigenvalue weighted by molar-refractivity contribution is 7.89. The number of hydrogen-bond acceptors (Lipinski definition) is 4. The molecule has 0 aliphatic carbocycles. The third-order valence-electron chi connectivity index (χ3n) is 5.22. The number of carbonyl (C=O) groups is 2. The van der Waals surface area contributed by atoms with Crippen LogP contribution in [0.2, 0.25) is 0 Å². The van der Waals surface area contributed by atoms with Crippen molar-refractivity contribution < 1.29 is 22.4 Å². The first-order valence-electron chi connectivity index (χ1n) is 10.1. The molecule has 2 aromatic rings. The van der Waals surface area contributed by atoms with Gasteiger partial charge in [-0.15, -0.1) is 0 Å². The van der Waals surface area contributed by atoms with E-state index < -0.39 is 10.0 Å². The first-order chi connectivity index (χ1) is 14.7. The number of sulfonamides is 1. The molecule has 166 valence electrons. The van der Waals surface area contributed by atoms with Crippen molar-refractivity contribution in [3.05, 3.63) is 54.3 Å². The number of benzene rings is 2. The van der Waals surface area contributed by atoms with Gasteiger partial charge in [0.05, 0.1) is 4.90 Å². The smallest absolute Gasteiger partial charge is 0.243 e. The number of anilines is 2. The molecular formula is C22H26FN3O4S. The van der Waals surface area contributed by atoms with Gasteiger partial charge in [0.2, 0.25) is 21.8 Å². The second-order valence-electron chi connectivity index (χ2n) is 7.84. The Labute approximate surface area is 181 Å². The Morgan fingerprint density at radius 3 is 2.00 bits per heavy atom. The fourth-order valence-electron chi connectivity index (χ4n) is 3.28. The zero-order valence-corrected chi connectivity index (χ0v) is 18.3. The van der Waals surface area contributed by atoms with E-state index >= 15 is 0 Å². The van der Waals surface area contributed by atoms with Crippen LogP contribution in [0.3, 0.4) is 0 Å². The number of halogens is 1. The fourth-order valence-corrected chi connectivity index (χ4v) is 4.75. The summed E-state index contributed by atoms with van der Waals surface area (Å²) in [6, 6.07) is 11.6. The molecule has 1 aliphatic heterocycles. The number of hydrogen-bond donors (Lipinski definition) is 2. The first kappa shape index (κ1) is 22.9. The molecule has 0 saturated carbocycles. The summed E-state index contributed by atoms with van der Waals surface area (Å²) in [5.41, 5.74) is 1.04. The van der Waals surface area contributed by atoms with Crippen LogP contribution in [-0.2, 0) is 19.6 Å². The van der Waals surface area contributed by atoms with E-state index in [-0.39, 0.29) is 47.5 Å². The molecule has 1 aliphatic rings. The molecular weight excluding hydrogens is 421 g/mol. The van der Waals surface area contributed by atoms with Crippen LogP contribution in [0, 0.1) is 17.7 Å². The molecule has 1 fully saturated rings. The SMILES string of the molecule is CC(C)C(=O)Nc1ccc(S(=O)(=O)N2CCC(C(=O)Nc3ccc(F)cc3)CC2)cc1. The minimum Gasteiger partial charge on any atom is -0.326 e. The standard InChI is InChI=1S/C22H26FN3O4S/c1-15(2)21(27)24-19-7-9-20(10-8-19)31(29,30)26-13-11-16(12-14-26)22(28)25-18-5-3-17(23)4-6-18/h3-10,15-16H,11-14H2,1-2H3,(H,24,27)(H,25,28). The summed E-state index contributed by atoms with van der Waals surface area (Å²) in [6.07, 6.45) is 0.795. The molecule has 0 aromatic heterocycles. The highest BCUT2D eigenvalue weighted by atomic mass is 32.2. The quantitative estimate of drug-likeness (QED) is 0.709. The molecule has 9 heteroatoms. The van der Waals surface area contributed by atoms with Crippen molar-refractivity contribution in [1.29, 1.82) is 0 Å². The van der Waals surface area contributed by atoms with Gasteiger partial charge in [-0.1, -0.05) is 13.8 Å². The van der Waals surface area contributed by atoms with Gasteiger partial charge >= 0.3 is 0 Å². The van der Waals surface area contributed by atoms with Crippen LogP contribution in [0.1, 0.15) is 26.7 Å². The topological polar surface area (TPSA) is 95.6 Å². The van der Waals surface area contributed by atoms with Crippen LogP contribution in [-0.4, -0.2) is 37.6 Å². The summed E-state index contributed by atoms with van der Waals surface area (Å²) in [7, 11) is -3.69. The maximum atomic E-state index is 13.0. The number of piperidine rings is 1. The zero-order valence-electron chi connectivity index (χ0n) is 17.5. The number of rotatable bonds is 6. The van der Waals surface area contributed by atoms with Gasteiger partial charge in [-0.3, -0.25) is 9.59 Å². The molecule has 2 amide bonds. The summed E-state index contributed by atoms with van der Waals surface area (Å²) < 4.78 is 40.2. The van der Waals surface area contributed by atoms with Gasteiger partial charge in [-0.25, -0.2) is 12.8 Å². The Hall–Kier alpha value is -2.78. The number of carbonyl (C=O) groups excluding carboxylic acids is 2. The molecule has 2 N–H and O–H groups in total. The van der Waals surface area contributed by atoms with Crippen molar-refractivity contribution in [1.82, 2.24) is 4.31 Å². The van der Waals surface area contributed by atoms with E-state index in [9.17, 15) is 22.4 Å². The highest BCUT2D eigenvalue weighted by Crippen LogP contribution is 2.26. The Morgan fingerprint density at radius 2 is 1.45 bits per heavy atom. The van der Waals surface area contributed by atoms with E-state index in [1.165, 1.54) is 40.7 Å². The lowest BCUT2D eigenvalue weighted by atomic mass is 9.97. The first-order valence-corrected chi connectivity index (χ1v) is 11.6. The largest absolute Gasteiger partial charge is 0.326 e. The van der Waals surface area contributed by atoms with Crippen LogP contribution < -0.4 is 10.6 Å². The van der Waals surface area contributed by atoms with Gasteiger partial charge in [0.1, 0.15) is 5.82 Å². The maximum Gasteiger partial charge on any atom is 0.243 e. The van der Waals surface area contributed by atoms with E-state index in [1.54, 1.807) is 26.0 Å². The van der Waals surface area contributed by atoms with Crippen molar-refractivity contribution in [2.45, 2.75) is 31.6 Å². The predicted octanol–water partition coefficient (Wildman–Crippen LogP) is 3.46. The Kier molecular flexibility index (Phi) is 7.07. The van der Waals surface area contributed by atoms with E-state index in [1.807, 2.05) is 0 Å². The van der Waals surface area contributed by atoms with Gasteiger partial charge in [-0.2, -0.15) is 4.31 Å². The third-order valence-corrected chi connectivity index (χ3v) is 7.13. The second kappa shape index (κ2) is 9.57. The molecule has 1 heterocycles. The summed E-state index contributed by atoms with van der Waals surface area (Å²) >= 11 is 0. The van der Waals surface area contributed by atoms with Crippen molar-refractivity contribution in [3.8, 4) is 0 Å². The van der Waals surface area contributed by atoms with Crippen molar-refractivity contribution in [2.75, 3.05) is 23.7 Å².